The molecular formula is C6H6BNO. The number of pyridine rings is 1. The molecule has 0 saturated carbocycles. The fraction of sp³-hybridized carbons (Fsp3) is 0.167. The van der Waals surface area contributed by atoms with Gasteiger partial charge in [-0.3, -0.25) is 4.79 Å². The van der Waals surface area contributed by atoms with Crippen molar-refractivity contribution in [2.24, 2.45) is 0 Å². The van der Waals surface area contributed by atoms with Crippen LogP contribution in [0.2, 0.25) is 0 Å². The molecule has 0 fully saturated rings. The minimum atomic E-state index is -0.110. The minimum Gasteiger partial charge on any atom is -0.327 e. The molecule has 0 saturated heterocycles. The Balaban J connectivity index is 3.34. The summed E-state index contributed by atoms with van der Waals surface area (Å²) in [5, 5.41) is 0. The topological polar surface area (TPSA) is 32.9 Å². The molecule has 2 radical (unpaired) electrons. The van der Waals surface area contributed by atoms with Crippen molar-refractivity contribution in [3.63, 3.8) is 0 Å². The van der Waals surface area contributed by atoms with Crippen LogP contribution in [0, 0.1) is 6.92 Å². The van der Waals surface area contributed by atoms with Crippen LogP contribution in [0.3, 0.4) is 0 Å². The smallest absolute Gasteiger partial charge is 0.248 e. The van der Waals surface area contributed by atoms with E-state index in [9.17, 15) is 4.79 Å². The third-order valence-electron chi connectivity index (χ3n) is 1.16. The lowest BCUT2D eigenvalue weighted by Gasteiger charge is -1.94. The zero-order chi connectivity index (χ0) is 6.85. The van der Waals surface area contributed by atoms with Crippen molar-refractivity contribution < 1.29 is 0 Å². The standard InChI is InChI=1S/C6H6BNO/c1-4-5(7)2-3-6(9)8-4/h2-3H,1H3,(H,8,9). The van der Waals surface area contributed by atoms with Crippen molar-refractivity contribution >= 4 is 13.3 Å². The monoisotopic (exact) mass is 119 g/mol. The summed E-state index contributed by atoms with van der Waals surface area (Å²) < 4.78 is 0. The molecule has 9 heavy (non-hydrogen) atoms. The van der Waals surface area contributed by atoms with Crippen LogP contribution >= 0.6 is 0 Å². The van der Waals surface area contributed by atoms with E-state index in [4.69, 9.17) is 7.85 Å². The van der Waals surface area contributed by atoms with Crippen LogP contribution in [-0.4, -0.2) is 12.8 Å². The largest absolute Gasteiger partial charge is 0.327 e. The zero-order valence-electron chi connectivity index (χ0n) is 5.14. The molecular weight excluding hydrogens is 113 g/mol. The molecule has 44 valence electrons. The van der Waals surface area contributed by atoms with Crippen LogP contribution < -0.4 is 11.0 Å². The van der Waals surface area contributed by atoms with E-state index in [2.05, 4.69) is 4.98 Å². The highest BCUT2D eigenvalue weighted by atomic mass is 16.1. The maximum Gasteiger partial charge on any atom is 0.248 e. The van der Waals surface area contributed by atoms with Gasteiger partial charge >= 0.3 is 0 Å². The van der Waals surface area contributed by atoms with Crippen LogP contribution in [-0.2, 0) is 0 Å². The van der Waals surface area contributed by atoms with E-state index in [1.807, 2.05) is 0 Å². The minimum absolute atomic E-state index is 0.110. The van der Waals surface area contributed by atoms with Gasteiger partial charge in [0.2, 0.25) is 5.56 Å². The van der Waals surface area contributed by atoms with Crippen LogP contribution in [0.25, 0.3) is 0 Å². The summed E-state index contributed by atoms with van der Waals surface area (Å²) in [6, 6.07) is 3.00. The Morgan fingerprint density at radius 3 is 2.67 bits per heavy atom. The average molecular weight is 119 g/mol. The lowest BCUT2D eigenvalue weighted by Crippen LogP contribution is -2.16. The third kappa shape index (κ3) is 1.22. The number of aromatic nitrogens is 1. The molecule has 1 aromatic rings. The molecule has 0 aliphatic rings. The molecule has 0 atom stereocenters. The Morgan fingerprint density at radius 1 is 1.56 bits per heavy atom. The summed E-state index contributed by atoms with van der Waals surface area (Å²) in [6.45, 7) is 1.76. The van der Waals surface area contributed by atoms with Gasteiger partial charge in [0.25, 0.3) is 0 Å². The van der Waals surface area contributed by atoms with Crippen molar-refractivity contribution in [3.05, 3.63) is 28.2 Å². The number of nitrogens with one attached hydrogen (secondary N) is 1. The van der Waals surface area contributed by atoms with Crippen molar-refractivity contribution in [2.45, 2.75) is 6.92 Å². The van der Waals surface area contributed by atoms with E-state index in [1.165, 1.54) is 6.07 Å². The maximum absolute atomic E-state index is 10.5. The molecule has 0 aliphatic carbocycles. The van der Waals surface area contributed by atoms with Crippen molar-refractivity contribution in [3.8, 4) is 0 Å². The van der Waals surface area contributed by atoms with Crippen molar-refractivity contribution in [1.29, 1.82) is 0 Å². The van der Waals surface area contributed by atoms with E-state index < -0.39 is 0 Å². The Bertz CT molecular complexity index is 266. The van der Waals surface area contributed by atoms with Gasteiger partial charge < -0.3 is 4.98 Å². The molecule has 0 bridgehead atoms. The van der Waals surface area contributed by atoms with Gasteiger partial charge in [-0.25, -0.2) is 0 Å². The van der Waals surface area contributed by atoms with Crippen LogP contribution in [0.4, 0.5) is 0 Å². The predicted molar refractivity (Wildman–Crippen MR) is 37.2 cm³/mol. The average Bonchev–Trinajstić information content (AvgIpc) is 1.80. The lowest BCUT2D eigenvalue weighted by atomic mass is 9.95. The molecule has 0 amide bonds. The summed E-state index contributed by atoms with van der Waals surface area (Å²) in [4.78, 5) is 13.1. The first-order chi connectivity index (χ1) is 4.20. The number of hydrogen-bond acceptors (Lipinski definition) is 1. The molecule has 2 nitrogen and oxygen atoms in total. The van der Waals surface area contributed by atoms with Crippen LogP contribution in [0.15, 0.2) is 16.9 Å². The number of hydrogen-bond donors (Lipinski definition) is 1. The number of aromatic amines is 1. The van der Waals surface area contributed by atoms with Gasteiger partial charge in [0.1, 0.15) is 7.85 Å². The number of H-pyrrole nitrogens is 1. The number of rotatable bonds is 0. The summed E-state index contributed by atoms with van der Waals surface area (Å²) >= 11 is 0. The first kappa shape index (κ1) is 6.14. The second-order valence-electron chi connectivity index (χ2n) is 1.90. The predicted octanol–water partition coefficient (Wildman–Crippen LogP) is -0.523. The highest BCUT2D eigenvalue weighted by molar-refractivity contribution is 6.32. The molecule has 0 spiro atoms. The third-order valence-corrected chi connectivity index (χ3v) is 1.16. The Kier molecular flexibility index (Phi) is 1.43. The SMILES string of the molecule is [B]c1ccc(=O)[nH]c1C. The fourth-order valence-electron chi connectivity index (χ4n) is 0.589. The van der Waals surface area contributed by atoms with E-state index in [0.29, 0.717) is 5.46 Å². The quantitative estimate of drug-likeness (QED) is 0.458. The van der Waals surface area contributed by atoms with Gasteiger partial charge in [-0.2, -0.15) is 0 Å². The molecule has 1 aromatic heterocycles. The molecule has 0 aromatic carbocycles. The Morgan fingerprint density at radius 2 is 2.22 bits per heavy atom. The Labute approximate surface area is 54.3 Å². The lowest BCUT2D eigenvalue weighted by molar-refractivity contribution is 1.16. The number of aryl methyl sites for hydroxylation is 1. The Hall–Kier alpha value is -0.985. The van der Waals surface area contributed by atoms with Crippen LogP contribution in [0.1, 0.15) is 5.69 Å². The molecule has 1 N–H and O–H groups in total. The molecule has 3 heteroatoms. The molecule has 1 rings (SSSR count). The highest BCUT2D eigenvalue weighted by Gasteiger charge is 1.88. The van der Waals surface area contributed by atoms with Gasteiger partial charge in [0.15, 0.2) is 0 Å². The van der Waals surface area contributed by atoms with E-state index in [0.717, 1.165) is 5.69 Å². The van der Waals surface area contributed by atoms with Gasteiger partial charge in [-0.1, -0.05) is 11.5 Å². The van der Waals surface area contributed by atoms with Gasteiger partial charge in [-0.05, 0) is 6.92 Å². The highest BCUT2D eigenvalue weighted by Crippen LogP contribution is 1.77. The van der Waals surface area contributed by atoms with Crippen molar-refractivity contribution in [2.75, 3.05) is 0 Å². The van der Waals surface area contributed by atoms with Gasteiger partial charge in [-0.15, -0.1) is 0 Å². The van der Waals surface area contributed by atoms with E-state index in [-0.39, 0.29) is 5.56 Å². The first-order valence-corrected chi connectivity index (χ1v) is 2.65. The van der Waals surface area contributed by atoms with E-state index >= 15 is 0 Å². The molecule has 0 unspecified atom stereocenters. The summed E-state index contributed by atoms with van der Waals surface area (Å²) in [7, 11) is 5.42. The van der Waals surface area contributed by atoms with Gasteiger partial charge in [0, 0.05) is 11.8 Å². The second kappa shape index (κ2) is 2.09. The van der Waals surface area contributed by atoms with Crippen molar-refractivity contribution in [1.82, 2.24) is 4.98 Å². The zero-order valence-corrected chi connectivity index (χ0v) is 5.14. The fourth-order valence-corrected chi connectivity index (χ4v) is 0.589. The van der Waals surface area contributed by atoms with Gasteiger partial charge in [0.05, 0.1) is 0 Å². The second-order valence-corrected chi connectivity index (χ2v) is 1.90. The summed E-state index contributed by atoms with van der Waals surface area (Å²) in [5.41, 5.74) is 1.24. The summed E-state index contributed by atoms with van der Waals surface area (Å²) in [5.74, 6) is 0. The first-order valence-electron chi connectivity index (χ1n) is 2.65. The van der Waals surface area contributed by atoms with Crippen LogP contribution in [0.5, 0.6) is 0 Å². The normalized spacial score (nSPS) is 9.44. The molecule has 0 aliphatic heterocycles. The maximum atomic E-state index is 10.5. The van der Waals surface area contributed by atoms with E-state index in [1.54, 1.807) is 13.0 Å². The summed E-state index contributed by atoms with van der Waals surface area (Å²) in [6.07, 6.45) is 0. The molecule has 1 heterocycles.